The van der Waals surface area contributed by atoms with E-state index in [2.05, 4.69) is 10.1 Å². The first kappa shape index (κ1) is 24.8. The van der Waals surface area contributed by atoms with Gasteiger partial charge in [0.15, 0.2) is 5.65 Å². The molecule has 2 aromatic heterocycles. The Hall–Kier alpha value is -3.92. The molecule has 5 rings (SSSR count). The third kappa shape index (κ3) is 4.76. The predicted octanol–water partition coefficient (Wildman–Crippen LogP) is 4.83. The molecule has 3 heterocycles. The molecule has 7 nitrogen and oxygen atoms in total. The maximum Gasteiger partial charge on any atom is 0.416 e. The molecule has 192 valence electrons. The van der Waals surface area contributed by atoms with E-state index < -0.39 is 11.7 Å². The maximum atomic E-state index is 13.6. The Morgan fingerprint density at radius 2 is 1.76 bits per heavy atom. The van der Waals surface area contributed by atoms with Gasteiger partial charge in [-0.3, -0.25) is 4.79 Å². The molecule has 37 heavy (non-hydrogen) atoms. The van der Waals surface area contributed by atoms with E-state index in [1.54, 1.807) is 28.8 Å². The highest BCUT2D eigenvalue weighted by Gasteiger charge is 2.32. The summed E-state index contributed by atoms with van der Waals surface area (Å²) in [7, 11) is 1.56. The summed E-state index contributed by atoms with van der Waals surface area (Å²) in [6.45, 7) is 3.64. The quantitative estimate of drug-likeness (QED) is 0.386. The van der Waals surface area contributed by atoms with E-state index >= 15 is 0 Å². The van der Waals surface area contributed by atoms with Gasteiger partial charge in [-0.25, -0.2) is 9.50 Å². The first-order valence-corrected chi connectivity index (χ1v) is 11.9. The molecular formula is C27H26F3N5O2. The van der Waals surface area contributed by atoms with E-state index in [1.807, 2.05) is 42.2 Å². The zero-order valence-electron chi connectivity index (χ0n) is 20.5. The van der Waals surface area contributed by atoms with Crippen LogP contribution in [-0.2, 0) is 17.5 Å². The fourth-order valence-electron chi connectivity index (χ4n) is 4.75. The van der Waals surface area contributed by atoms with Crippen molar-refractivity contribution < 1.29 is 22.7 Å². The van der Waals surface area contributed by atoms with E-state index in [-0.39, 0.29) is 12.5 Å². The van der Waals surface area contributed by atoms with Crippen LogP contribution in [0.1, 0.15) is 27.3 Å². The number of nitrogens with zero attached hydrogens (tertiary/aromatic N) is 5. The average molecular weight is 510 g/mol. The number of methoxy groups -OCH3 is 1. The molecular weight excluding hydrogens is 483 g/mol. The van der Waals surface area contributed by atoms with E-state index in [0.717, 1.165) is 29.0 Å². The summed E-state index contributed by atoms with van der Waals surface area (Å²) >= 11 is 0. The van der Waals surface area contributed by atoms with Crippen molar-refractivity contribution in [2.75, 3.05) is 38.2 Å². The number of rotatable bonds is 5. The summed E-state index contributed by atoms with van der Waals surface area (Å²) in [5.41, 5.74) is 4.11. The second-order valence-corrected chi connectivity index (χ2v) is 8.94. The van der Waals surface area contributed by atoms with E-state index in [1.165, 1.54) is 6.07 Å². The van der Waals surface area contributed by atoms with Crippen LogP contribution in [-0.4, -0.2) is 58.7 Å². The molecule has 2 aromatic carbocycles. The maximum absolute atomic E-state index is 13.6. The molecule has 0 unspecified atom stereocenters. The molecule has 0 spiro atoms. The number of hydrogen-bond donors (Lipinski definition) is 0. The summed E-state index contributed by atoms with van der Waals surface area (Å²) in [6, 6.07) is 15.1. The summed E-state index contributed by atoms with van der Waals surface area (Å²) in [5.74, 6) is -0.209. The van der Waals surface area contributed by atoms with Gasteiger partial charge in [0, 0.05) is 50.7 Å². The first-order valence-electron chi connectivity index (χ1n) is 11.9. The Kier molecular flexibility index (Phi) is 6.59. The lowest BCUT2D eigenvalue weighted by molar-refractivity contribution is -0.137. The number of halogens is 3. The number of fused-ring (bicyclic) bond motifs is 1. The van der Waals surface area contributed by atoms with Gasteiger partial charge in [-0.05, 0) is 30.7 Å². The van der Waals surface area contributed by atoms with Gasteiger partial charge in [0.2, 0.25) is 0 Å². The molecule has 0 aliphatic carbocycles. The predicted molar refractivity (Wildman–Crippen MR) is 133 cm³/mol. The lowest BCUT2D eigenvalue weighted by atomic mass is 10.1. The Morgan fingerprint density at radius 1 is 1.03 bits per heavy atom. The zero-order valence-corrected chi connectivity index (χ0v) is 20.5. The SMILES string of the molecule is COCc1c(C(=O)N2CCN(c3cccc(C(F)(F)F)c3)CC2)cnc2c(-c3ccccc3)c(C)nn12. The van der Waals surface area contributed by atoms with Crippen molar-refractivity contribution in [2.24, 2.45) is 0 Å². The third-order valence-electron chi connectivity index (χ3n) is 6.60. The molecule has 10 heteroatoms. The molecule has 1 aliphatic rings. The Labute approximate surface area is 212 Å². The van der Waals surface area contributed by atoms with Crippen LogP contribution in [0, 0.1) is 6.92 Å². The topological polar surface area (TPSA) is 63.0 Å². The molecule has 4 aromatic rings. The number of benzene rings is 2. The van der Waals surface area contributed by atoms with Crippen LogP contribution in [0.15, 0.2) is 60.8 Å². The van der Waals surface area contributed by atoms with Gasteiger partial charge in [-0.1, -0.05) is 36.4 Å². The number of carbonyl (C=O) groups is 1. The van der Waals surface area contributed by atoms with E-state index in [0.29, 0.717) is 48.8 Å². The van der Waals surface area contributed by atoms with Crippen LogP contribution in [0.5, 0.6) is 0 Å². The highest BCUT2D eigenvalue weighted by molar-refractivity contribution is 5.96. The standard InChI is InChI=1S/C27H26F3N5O2/c1-18-24(19-7-4-3-5-8-19)25-31-16-22(23(17-37-2)35(25)32-18)26(36)34-13-11-33(12-14-34)21-10-6-9-20(15-21)27(28,29)30/h3-10,15-16H,11-14,17H2,1-2H3. The number of anilines is 1. The van der Waals surface area contributed by atoms with Crippen molar-refractivity contribution in [3.8, 4) is 11.1 Å². The smallest absolute Gasteiger partial charge is 0.378 e. The van der Waals surface area contributed by atoms with Crippen molar-refractivity contribution in [2.45, 2.75) is 19.7 Å². The Bertz CT molecular complexity index is 1430. The van der Waals surface area contributed by atoms with Gasteiger partial charge >= 0.3 is 6.18 Å². The lowest BCUT2D eigenvalue weighted by Crippen LogP contribution is -2.49. The largest absolute Gasteiger partial charge is 0.416 e. The summed E-state index contributed by atoms with van der Waals surface area (Å²) in [4.78, 5) is 21.7. The average Bonchev–Trinajstić information content (AvgIpc) is 3.25. The number of aromatic nitrogens is 3. The van der Waals surface area contributed by atoms with Crippen molar-refractivity contribution in [1.29, 1.82) is 0 Å². The monoisotopic (exact) mass is 509 g/mol. The van der Waals surface area contributed by atoms with Gasteiger partial charge in [0.1, 0.15) is 0 Å². The minimum atomic E-state index is -4.40. The second-order valence-electron chi connectivity index (χ2n) is 8.94. The molecule has 0 N–H and O–H groups in total. The Morgan fingerprint density at radius 3 is 2.43 bits per heavy atom. The highest BCUT2D eigenvalue weighted by atomic mass is 19.4. The van der Waals surface area contributed by atoms with Crippen molar-refractivity contribution >= 4 is 17.2 Å². The summed E-state index contributed by atoms with van der Waals surface area (Å²) in [5, 5.41) is 4.68. The summed E-state index contributed by atoms with van der Waals surface area (Å²) < 4.78 is 46.5. The van der Waals surface area contributed by atoms with Crippen molar-refractivity contribution in [3.05, 3.63) is 83.3 Å². The lowest BCUT2D eigenvalue weighted by Gasteiger charge is -2.36. The third-order valence-corrected chi connectivity index (χ3v) is 6.60. The van der Waals surface area contributed by atoms with Crippen molar-refractivity contribution in [3.63, 3.8) is 0 Å². The van der Waals surface area contributed by atoms with E-state index in [4.69, 9.17) is 4.74 Å². The first-order chi connectivity index (χ1) is 17.8. The molecule has 0 radical (unpaired) electrons. The van der Waals surface area contributed by atoms with Crippen LogP contribution in [0.3, 0.4) is 0 Å². The van der Waals surface area contributed by atoms with Gasteiger partial charge in [0.05, 0.1) is 29.1 Å². The van der Waals surface area contributed by atoms with Gasteiger partial charge < -0.3 is 14.5 Å². The fourth-order valence-corrected chi connectivity index (χ4v) is 4.75. The van der Waals surface area contributed by atoms with Crippen LogP contribution in [0.4, 0.5) is 18.9 Å². The van der Waals surface area contributed by atoms with E-state index in [9.17, 15) is 18.0 Å². The number of hydrogen-bond acceptors (Lipinski definition) is 5. The number of alkyl halides is 3. The zero-order chi connectivity index (χ0) is 26.2. The van der Waals surface area contributed by atoms with Gasteiger partial charge in [-0.2, -0.15) is 18.3 Å². The minimum absolute atomic E-state index is 0.166. The van der Waals surface area contributed by atoms with Crippen LogP contribution >= 0.6 is 0 Å². The van der Waals surface area contributed by atoms with Crippen LogP contribution in [0.2, 0.25) is 0 Å². The molecule has 0 saturated carbocycles. The van der Waals surface area contributed by atoms with Crippen LogP contribution < -0.4 is 4.90 Å². The number of amides is 1. The second kappa shape index (κ2) is 9.85. The highest BCUT2D eigenvalue weighted by Crippen LogP contribution is 2.32. The number of ether oxygens (including phenoxy) is 1. The molecule has 1 saturated heterocycles. The molecule has 0 atom stereocenters. The molecule has 1 fully saturated rings. The van der Waals surface area contributed by atoms with Crippen LogP contribution in [0.25, 0.3) is 16.8 Å². The van der Waals surface area contributed by atoms with Gasteiger partial charge in [-0.15, -0.1) is 0 Å². The fraction of sp³-hybridized carbons (Fsp3) is 0.296. The molecule has 1 amide bonds. The normalized spacial score (nSPS) is 14.4. The van der Waals surface area contributed by atoms with Gasteiger partial charge in [0.25, 0.3) is 5.91 Å². The number of carbonyl (C=O) groups excluding carboxylic acids is 1. The molecule has 1 aliphatic heterocycles. The van der Waals surface area contributed by atoms with Crippen molar-refractivity contribution in [1.82, 2.24) is 19.5 Å². The molecule has 0 bridgehead atoms. The minimum Gasteiger partial charge on any atom is -0.378 e. The summed E-state index contributed by atoms with van der Waals surface area (Å²) in [6.07, 6.45) is -2.83. The Balaban J connectivity index is 1.40. The number of aryl methyl sites for hydroxylation is 1. The number of piperazine rings is 1.